The van der Waals surface area contributed by atoms with Gasteiger partial charge in [-0.05, 0) is 0 Å². The quantitative estimate of drug-likeness (QED) is 0.258. The summed E-state index contributed by atoms with van der Waals surface area (Å²) in [4.78, 5) is 0. The molecule has 0 aliphatic heterocycles. The fourth-order valence-electron chi connectivity index (χ4n) is 0.277. The van der Waals surface area contributed by atoms with Crippen molar-refractivity contribution >= 4 is 5.90 Å². The third-order valence-corrected chi connectivity index (χ3v) is 0.681. The van der Waals surface area contributed by atoms with E-state index in [0.29, 0.717) is 0 Å². The highest BCUT2D eigenvalue weighted by atomic mass is 16.7. The van der Waals surface area contributed by atoms with E-state index < -0.39 is 0 Å². The first kappa shape index (κ1) is 8.39. The van der Waals surface area contributed by atoms with Gasteiger partial charge in [-0.2, -0.15) is 0 Å². The van der Waals surface area contributed by atoms with E-state index in [-0.39, 0.29) is 19.3 Å². The van der Waals surface area contributed by atoms with Crippen molar-refractivity contribution in [1.29, 1.82) is 5.41 Å². The van der Waals surface area contributed by atoms with Crippen LogP contribution < -0.4 is 0 Å². The molecular formula is C5H11NO3. The zero-order valence-electron chi connectivity index (χ0n) is 5.64. The highest BCUT2D eigenvalue weighted by molar-refractivity contribution is 5.73. The Labute approximate surface area is 54.2 Å². The van der Waals surface area contributed by atoms with Crippen LogP contribution in [0.2, 0.25) is 0 Å². The van der Waals surface area contributed by atoms with Gasteiger partial charge in [0.05, 0.1) is 7.11 Å². The molecule has 0 rings (SSSR count). The molecular weight excluding hydrogens is 122 g/mol. The number of rotatable bonds is 4. The zero-order valence-corrected chi connectivity index (χ0v) is 5.64. The largest absolute Gasteiger partial charge is 0.483 e. The molecule has 0 bridgehead atoms. The monoisotopic (exact) mass is 133 g/mol. The molecule has 0 aromatic rings. The van der Waals surface area contributed by atoms with Crippen LogP contribution in [0.25, 0.3) is 0 Å². The average Bonchev–Trinajstić information content (AvgIpc) is 1.89. The molecule has 0 saturated heterocycles. The first-order valence-electron chi connectivity index (χ1n) is 2.49. The van der Waals surface area contributed by atoms with E-state index in [0.717, 1.165) is 0 Å². The van der Waals surface area contributed by atoms with Gasteiger partial charge in [0, 0.05) is 7.11 Å². The molecule has 0 amide bonds. The molecule has 0 aliphatic carbocycles. The minimum absolute atomic E-state index is 0.104. The van der Waals surface area contributed by atoms with Crippen molar-refractivity contribution in [3.63, 3.8) is 0 Å². The lowest BCUT2D eigenvalue weighted by Crippen LogP contribution is -2.10. The van der Waals surface area contributed by atoms with Crippen LogP contribution in [0.4, 0.5) is 0 Å². The van der Waals surface area contributed by atoms with E-state index >= 15 is 0 Å². The van der Waals surface area contributed by atoms with Crippen molar-refractivity contribution in [3.8, 4) is 0 Å². The molecule has 0 heterocycles. The Hall–Kier alpha value is -0.610. The summed E-state index contributed by atoms with van der Waals surface area (Å²) in [5.41, 5.74) is 0. The highest BCUT2D eigenvalue weighted by Gasteiger charge is 1.91. The minimum Gasteiger partial charge on any atom is -0.483 e. The van der Waals surface area contributed by atoms with Crippen LogP contribution >= 0.6 is 0 Å². The number of ether oxygens (including phenoxy) is 3. The Morgan fingerprint density at radius 1 is 1.44 bits per heavy atom. The molecule has 1 N–H and O–H groups in total. The number of hydrogen-bond donors (Lipinski definition) is 1. The van der Waals surface area contributed by atoms with Crippen molar-refractivity contribution in [2.75, 3.05) is 27.6 Å². The van der Waals surface area contributed by atoms with Crippen molar-refractivity contribution in [2.24, 2.45) is 0 Å². The van der Waals surface area contributed by atoms with Crippen molar-refractivity contribution < 1.29 is 14.2 Å². The summed E-state index contributed by atoms with van der Waals surface area (Å²) < 4.78 is 13.8. The Bertz CT molecular complexity index is 84.3. The molecule has 54 valence electrons. The van der Waals surface area contributed by atoms with Gasteiger partial charge in [-0.15, -0.1) is 0 Å². The molecule has 0 atom stereocenters. The van der Waals surface area contributed by atoms with Gasteiger partial charge in [0.1, 0.15) is 13.4 Å². The first-order chi connectivity index (χ1) is 4.31. The maximum Gasteiger partial charge on any atom is 0.207 e. The summed E-state index contributed by atoms with van der Waals surface area (Å²) in [7, 11) is 2.95. The number of methoxy groups -OCH3 is 2. The summed E-state index contributed by atoms with van der Waals surface area (Å²) in [6.45, 7) is 0.371. The third-order valence-electron chi connectivity index (χ3n) is 0.681. The fraction of sp³-hybridized carbons (Fsp3) is 0.800. The van der Waals surface area contributed by atoms with Gasteiger partial charge in [0.15, 0.2) is 0 Å². The summed E-state index contributed by atoms with van der Waals surface area (Å²) in [5, 5.41) is 6.91. The Kier molecular flexibility index (Phi) is 5.15. The maximum absolute atomic E-state index is 6.91. The second-order valence-electron chi connectivity index (χ2n) is 1.38. The SMILES string of the molecule is COCOCC(=N)OC. The van der Waals surface area contributed by atoms with E-state index in [2.05, 4.69) is 9.47 Å². The van der Waals surface area contributed by atoms with Crippen LogP contribution in [0.15, 0.2) is 0 Å². The van der Waals surface area contributed by atoms with Gasteiger partial charge < -0.3 is 14.2 Å². The molecule has 4 nitrogen and oxygen atoms in total. The average molecular weight is 133 g/mol. The van der Waals surface area contributed by atoms with E-state index in [1.54, 1.807) is 0 Å². The lowest BCUT2D eigenvalue weighted by atomic mass is 10.7. The highest BCUT2D eigenvalue weighted by Crippen LogP contribution is 1.78. The topological polar surface area (TPSA) is 51.5 Å². The van der Waals surface area contributed by atoms with Crippen LogP contribution in [0.1, 0.15) is 0 Å². The number of hydrogen-bond acceptors (Lipinski definition) is 4. The van der Waals surface area contributed by atoms with E-state index in [1.165, 1.54) is 14.2 Å². The third kappa shape index (κ3) is 5.26. The second kappa shape index (κ2) is 5.53. The summed E-state index contributed by atoms with van der Waals surface area (Å²) in [6.07, 6.45) is 0. The van der Waals surface area contributed by atoms with E-state index in [9.17, 15) is 0 Å². The lowest BCUT2D eigenvalue weighted by molar-refractivity contribution is -0.0185. The van der Waals surface area contributed by atoms with Gasteiger partial charge in [-0.3, -0.25) is 5.41 Å². The maximum atomic E-state index is 6.91. The molecule has 0 saturated carbocycles. The predicted molar refractivity (Wildman–Crippen MR) is 32.6 cm³/mol. The van der Waals surface area contributed by atoms with Gasteiger partial charge in [0.2, 0.25) is 5.90 Å². The zero-order chi connectivity index (χ0) is 7.11. The van der Waals surface area contributed by atoms with E-state index in [1.807, 2.05) is 0 Å². The van der Waals surface area contributed by atoms with Crippen molar-refractivity contribution in [1.82, 2.24) is 0 Å². The molecule has 0 unspecified atom stereocenters. The Balaban J connectivity index is 2.97. The van der Waals surface area contributed by atoms with Crippen molar-refractivity contribution in [2.45, 2.75) is 0 Å². The van der Waals surface area contributed by atoms with E-state index in [4.69, 9.17) is 10.1 Å². The minimum atomic E-state index is 0.104. The standard InChI is InChI=1S/C5H11NO3/c1-7-4-9-3-5(6)8-2/h6H,3-4H2,1-2H3. The van der Waals surface area contributed by atoms with Crippen LogP contribution in [0.5, 0.6) is 0 Å². The first-order valence-corrected chi connectivity index (χ1v) is 2.49. The summed E-state index contributed by atoms with van der Waals surface area (Å²) >= 11 is 0. The lowest BCUT2D eigenvalue weighted by Gasteiger charge is -2.01. The normalized spacial score (nSPS) is 9.11. The van der Waals surface area contributed by atoms with Gasteiger partial charge >= 0.3 is 0 Å². The molecule has 0 aromatic carbocycles. The van der Waals surface area contributed by atoms with Crippen LogP contribution in [-0.2, 0) is 14.2 Å². The van der Waals surface area contributed by atoms with Crippen LogP contribution in [-0.4, -0.2) is 33.5 Å². The van der Waals surface area contributed by atoms with Gasteiger partial charge in [0.25, 0.3) is 0 Å². The smallest absolute Gasteiger partial charge is 0.207 e. The molecule has 0 aromatic heterocycles. The molecule has 9 heavy (non-hydrogen) atoms. The van der Waals surface area contributed by atoms with Gasteiger partial charge in [-0.25, -0.2) is 0 Å². The second-order valence-corrected chi connectivity index (χ2v) is 1.38. The van der Waals surface area contributed by atoms with Crippen molar-refractivity contribution in [3.05, 3.63) is 0 Å². The van der Waals surface area contributed by atoms with Gasteiger partial charge in [-0.1, -0.05) is 0 Å². The Morgan fingerprint density at radius 2 is 2.11 bits per heavy atom. The Morgan fingerprint density at radius 3 is 2.56 bits per heavy atom. The summed E-state index contributed by atoms with van der Waals surface area (Å²) in [5.74, 6) is 0.104. The number of nitrogens with one attached hydrogen (secondary N) is 1. The van der Waals surface area contributed by atoms with Crippen LogP contribution in [0, 0.1) is 5.41 Å². The summed E-state index contributed by atoms with van der Waals surface area (Å²) in [6, 6.07) is 0. The molecule has 4 heteroatoms. The predicted octanol–water partition coefficient (Wildman–Crippen LogP) is 0.231. The molecule has 0 aliphatic rings. The van der Waals surface area contributed by atoms with Crippen LogP contribution in [0.3, 0.4) is 0 Å². The molecule has 0 radical (unpaired) electrons. The molecule has 0 spiro atoms. The molecule has 0 fully saturated rings. The fourth-order valence-corrected chi connectivity index (χ4v) is 0.277.